The largest absolute Gasteiger partial charge is 0.383 e. The second-order valence-corrected chi connectivity index (χ2v) is 7.31. The number of fused-ring (bicyclic) bond motifs is 1. The van der Waals surface area contributed by atoms with Gasteiger partial charge in [-0.1, -0.05) is 6.07 Å². The van der Waals surface area contributed by atoms with Gasteiger partial charge in [0, 0.05) is 57.2 Å². The van der Waals surface area contributed by atoms with Crippen molar-refractivity contribution < 1.29 is 9.53 Å². The molecule has 3 aromatic heterocycles. The molecule has 1 atom stereocenters. The van der Waals surface area contributed by atoms with E-state index in [4.69, 9.17) is 4.74 Å². The van der Waals surface area contributed by atoms with E-state index >= 15 is 0 Å². The van der Waals surface area contributed by atoms with Crippen LogP contribution in [0.1, 0.15) is 34.2 Å². The zero-order valence-electron chi connectivity index (χ0n) is 16.6. The van der Waals surface area contributed by atoms with Gasteiger partial charge >= 0.3 is 0 Å². The molecule has 1 N–H and O–H groups in total. The first kappa shape index (κ1) is 19.5. The molecule has 4 rings (SSSR count). The Hall–Kier alpha value is -2.84. The Bertz CT molecular complexity index is 958. The molecule has 152 valence electrons. The van der Waals surface area contributed by atoms with Crippen molar-refractivity contribution in [2.75, 3.05) is 39.9 Å². The van der Waals surface area contributed by atoms with Gasteiger partial charge in [-0.2, -0.15) is 0 Å². The number of ether oxygens (including phenoxy) is 1. The lowest BCUT2D eigenvalue weighted by atomic mass is 10.1. The van der Waals surface area contributed by atoms with Crippen molar-refractivity contribution in [3.8, 4) is 0 Å². The fourth-order valence-corrected chi connectivity index (χ4v) is 3.74. The van der Waals surface area contributed by atoms with Gasteiger partial charge in [-0.15, -0.1) is 10.2 Å². The maximum atomic E-state index is 12.6. The van der Waals surface area contributed by atoms with E-state index in [-0.39, 0.29) is 5.91 Å². The zero-order chi connectivity index (χ0) is 20.1. The number of amides is 1. The number of aromatic nitrogens is 4. The second-order valence-electron chi connectivity index (χ2n) is 7.31. The van der Waals surface area contributed by atoms with Gasteiger partial charge in [0.25, 0.3) is 5.91 Å². The third-order valence-corrected chi connectivity index (χ3v) is 5.33. The van der Waals surface area contributed by atoms with Gasteiger partial charge in [0.05, 0.1) is 12.2 Å². The normalized spacial score (nSPS) is 17.1. The highest BCUT2D eigenvalue weighted by molar-refractivity contribution is 5.94. The lowest BCUT2D eigenvalue weighted by molar-refractivity contribution is 0.0953. The number of rotatable bonds is 8. The Balaban J connectivity index is 1.42. The van der Waals surface area contributed by atoms with Crippen molar-refractivity contribution >= 4 is 11.6 Å². The topological polar surface area (TPSA) is 84.6 Å². The van der Waals surface area contributed by atoms with E-state index in [0.29, 0.717) is 24.4 Å². The minimum atomic E-state index is -0.101. The summed E-state index contributed by atoms with van der Waals surface area (Å²) in [5.74, 6) is 1.13. The molecule has 8 nitrogen and oxygen atoms in total. The smallest absolute Gasteiger partial charge is 0.252 e. The van der Waals surface area contributed by atoms with Crippen LogP contribution in [0.2, 0.25) is 0 Å². The van der Waals surface area contributed by atoms with E-state index in [1.807, 2.05) is 34.9 Å². The minimum absolute atomic E-state index is 0.101. The highest BCUT2D eigenvalue weighted by atomic mass is 16.5. The van der Waals surface area contributed by atoms with Gasteiger partial charge in [-0.05, 0) is 37.2 Å². The van der Waals surface area contributed by atoms with Gasteiger partial charge in [-0.25, -0.2) is 0 Å². The molecule has 4 heterocycles. The van der Waals surface area contributed by atoms with Gasteiger partial charge < -0.3 is 15.0 Å². The summed E-state index contributed by atoms with van der Waals surface area (Å²) in [5, 5.41) is 11.7. The van der Waals surface area contributed by atoms with Gasteiger partial charge in [0.15, 0.2) is 5.65 Å². The monoisotopic (exact) mass is 394 g/mol. The van der Waals surface area contributed by atoms with Crippen LogP contribution >= 0.6 is 0 Å². The van der Waals surface area contributed by atoms with Crippen molar-refractivity contribution in [2.24, 2.45) is 0 Å². The molecule has 1 fully saturated rings. The van der Waals surface area contributed by atoms with Gasteiger partial charge in [-0.3, -0.25) is 14.2 Å². The van der Waals surface area contributed by atoms with Crippen molar-refractivity contribution in [1.82, 2.24) is 29.8 Å². The Morgan fingerprint density at radius 1 is 1.28 bits per heavy atom. The van der Waals surface area contributed by atoms with Crippen molar-refractivity contribution in [2.45, 2.75) is 18.8 Å². The van der Waals surface area contributed by atoms with E-state index in [2.05, 4.69) is 25.4 Å². The van der Waals surface area contributed by atoms with Crippen LogP contribution in [-0.4, -0.2) is 70.3 Å². The van der Waals surface area contributed by atoms with Crippen LogP contribution in [0.15, 0.2) is 42.7 Å². The molecule has 1 aliphatic rings. The maximum absolute atomic E-state index is 12.6. The van der Waals surface area contributed by atoms with Crippen LogP contribution in [0.5, 0.6) is 0 Å². The molecule has 0 radical (unpaired) electrons. The average Bonchev–Trinajstić information content (AvgIpc) is 3.39. The molecule has 3 aromatic rings. The van der Waals surface area contributed by atoms with E-state index in [9.17, 15) is 4.79 Å². The molecule has 8 heteroatoms. The summed E-state index contributed by atoms with van der Waals surface area (Å²) in [5.41, 5.74) is 2.33. The summed E-state index contributed by atoms with van der Waals surface area (Å²) >= 11 is 0. The lowest BCUT2D eigenvalue weighted by Crippen LogP contribution is -2.26. The van der Waals surface area contributed by atoms with Crippen molar-refractivity contribution in [3.05, 3.63) is 59.8 Å². The fraction of sp³-hybridized carbons (Fsp3) is 0.429. The van der Waals surface area contributed by atoms with E-state index in [1.54, 1.807) is 19.4 Å². The molecule has 1 aliphatic heterocycles. The first-order chi connectivity index (χ1) is 14.2. The van der Waals surface area contributed by atoms with Crippen LogP contribution in [0.4, 0.5) is 0 Å². The number of methoxy groups -OCH3 is 1. The fourth-order valence-electron chi connectivity index (χ4n) is 3.74. The average molecular weight is 394 g/mol. The first-order valence-corrected chi connectivity index (χ1v) is 9.98. The Kier molecular flexibility index (Phi) is 6.12. The molecular weight excluding hydrogens is 368 g/mol. The van der Waals surface area contributed by atoms with Crippen LogP contribution in [-0.2, 0) is 11.2 Å². The molecule has 0 bridgehead atoms. The highest BCUT2D eigenvalue weighted by Gasteiger charge is 2.27. The summed E-state index contributed by atoms with van der Waals surface area (Å²) in [7, 11) is 1.72. The summed E-state index contributed by atoms with van der Waals surface area (Å²) < 4.78 is 7.14. The predicted octanol–water partition coefficient (Wildman–Crippen LogP) is 1.53. The SMILES string of the molecule is COCCN1CCC(c2nnc3ccc(C(=O)NCCc4ccccn4)cn23)C1. The van der Waals surface area contributed by atoms with Crippen molar-refractivity contribution in [1.29, 1.82) is 0 Å². The summed E-state index contributed by atoms with van der Waals surface area (Å²) in [6.45, 7) is 4.16. The minimum Gasteiger partial charge on any atom is -0.383 e. The molecule has 29 heavy (non-hydrogen) atoms. The van der Waals surface area contributed by atoms with Gasteiger partial charge in [0.2, 0.25) is 0 Å². The van der Waals surface area contributed by atoms with E-state index in [1.165, 1.54) is 0 Å². The third kappa shape index (κ3) is 4.60. The molecular formula is C21H26N6O2. The second kappa shape index (κ2) is 9.11. The lowest BCUT2D eigenvalue weighted by Gasteiger charge is -2.14. The number of likely N-dealkylation sites (tertiary alicyclic amines) is 1. The summed E-state index contributed by atoms with van der Waals surface area (Å²) in [6, 6.07) is 9.44. The van der Waals surface area contributed by atoms with Crippen LogP contribution < -0.4 is 5.32 Å². The quantitative estimate of drug-likeness (QED) is 0.624. The number of pyridine rings is 2. The third-order valence-electron chi connectivity index (χ3n) is 5.33. The number of carbonyl (C=O) groups is 1. The molecule has 0 aliphatic carbocycles. The first-order valence-electron chi connectivity index (χ1n) is 9.98. The Morgan fingerprint density at radius 2 is 2.21 bits per heavy atom. The van der Waals surface area contributed by atoms with Crippen molar-refractivity contribution in [3.63, 3.8) is 0 Å². The van der Waals surface area contributed by atoms with Crippen LogP contribution in [0.25, 0.3) is 5.65 Å². The molecule has 0 saturated carbocycles. The molecule has 1 amide bonds. The predicted molar refractivity (Wildman–Crippen MR) is 109 cm³/mol. The maximum Gasteiger partial charge on any atom is 0.252 e. The van der Waals surface area contributed by atoms with Gasteiger partial charge in [0.1, 0.15) is 5.82 Å². The molecule has 1 unspecified atom stereocenters. The highest BCUT2D eigenvalue weighted by Crippen LogP contribution is 2.26. The Morgan fingerprint density at radius 3 is 3.03 bits per heavy atom. The summed E-state index contributed by atoms with van der Waals surface area (Å²) in [4.78, 5) is 19.3. The molecule has 0 aromatic carbocycles. The summed E-state index contributed by atoms with van der Waals surface area (Å²) in [6.07, 6.45) is 5.34. The van der Waals surface area contributed by atoms with E-state index in [0.717, 1.165) is 49.8 Å². The molecule has 1 saturated heterocycles. The number of nitrogens with zero attached hydrogens (tertiary/aromatic N) is 5. The number of carbonyl (C=O) groups excluding carboxylic acids is 1. The number of nitrogens with one attached hydrogen (secondary N) is 1. The van der Waals surface area contributed by atoms with E-state index < -0.39 is 0 Å². The van der Waals surface area contributed by atoms with Crippen LogP contribution in [0, 0.1) is 0 Å². The van der Waals surface area contributed by atoms with Crippen LogP contribution in [0.3, 0.4) is 0 Å². The Labute approximate surface area is 169 Å². The zero-order valence-corrected chi connectivity index (χ0v) is 16.6. The number of hydrogen-bond donors (Lipinski definition) is 1. The molecule has 0 spiro atoms. The number of hydrogen-bond acceptors (Lipinski definition) is 6. The standard InChI is InChI=1S/C21H26N6O2/c1-29-13-12-26-11-8-16(14-26)20-25-24-19-6-5-17(15-27(19)20)21(28)23-10-7-18-4-2-3-9-22-18/h2-6,9,15-16H,7-8,10-14H2,1H3,(H,23,28).